The summed E-state index contributed by atoms with van der Waals surface area (Å²) < 4.78 is 13.8. The Morgan fingerprint density at radius 1 is 1.08 bits per heavy atom. The average molecular weight is 339 g/mol. The monoisotopic (exact) mass is 339 g/mol. The van der Waals surface area contributed by atoms with Crippen LogP contribution in [0.25, 0.3) is 11.1 Å². The van der Waals surface area contributed by atoms with E-state index in [1.807, 2.05) is 35.7 Å². The molecule has 0 bridgehead atoms. The third-order valence-electron chi connectivity index (χ3n) is 3.89. The minimum Gasteiger partial charge on any atom is -0.299 e. The van der Waals surface area contributed by atoms with E-state index < -0.39 is 0 Å². The molecule has 3 rings (SSSR count). The number of halogens is 1. The molecule has 1 heterocycles. The molecule has 0 saturated carbocycles. The van der Waals surface area contributed by atoms with Crippen LogP contribution in [-0.4, -0.2) is 10.8 Å². The maximum Gasteiger partial charge on any atom is 0.139 e. The molecule has 0 fully saturated rings. The number of benzene rings is 2. The van der Waals surface area contributed by atoms with Crippen LogP contribution in [0.2, 0.25) is 0 Å². The Morgan fingerprint density at radius 3 is 2.58 bits per heavy atom. The van der Waals surface area contributed by atoms with Crippen LogP contribution in [-0.2, 0) is 17.6 Å². The van der Waals surface area contributed by atoms with Gasteiger partial charge in [-0.1, -0.05) is 42.5 Å². The summed E-state index contributed by atoms with van der Waals surface area (Å²) in [7, 11) is 0. The first-order valence-corrected chi connectivity index (χ1v) is 8.84. The van der Waals surface area contributed by atoms with Gasteiger partial charge in [-0.3, -0.25) is 4.79 Å². The fraction of sp³-hybridized carbons (Fsp3) is 0.200. The number of hydrogen-bond acceptors (Lipinski definition) is 3. The van der Waals surface area contributed by atoms with Crippen LogP contribution in [0.15, 0.2) is 60.1 Å². The smallest absolute Gasteiger partial charge is 0.139 e. The van der Waals surface area contributed by atoms with Crippen molar-refractivity contribution in [1.82, 2.24) is 4.98 Å². The lowest BCUT2D eigenvalue weighted by atomic mass is 10.0. The Kier molecular flexibility index (Phi) is 5.49. The third kappa shape index (κ3) is 4.36. The molecule has 0 amide bonds. The molecule has 0 aliphatic carbocycles. The molecule has 2 aromatic carbocycles. The maximum atomic E-state index is 13.8. The molecular weight excluding hydrogens is 321 g/mol. The highest BCUT2D eigenvalue weighted by atomic mass is 32.1. The molecule has 1 aromatic heterocycles. The number of hydrogen-bond donors (Lipinski definition) is 0. The minimum atomic E-state index is -0.210. The largest absolute Gasteiger partial charge is 0.299 e. The van der Waals surface area contributed by atoms with Gasteiger partial charge in [-0.25, -0.2) is 9.37 Å². The van der Waals surface area contributed by atoms with Gasteiger partial charge in [0, 0.05) is 23.6 Å². The van der Waals surface area contributed by atoms with Crippen molar-refractivity contribution in [2.24, 2.45) is 0 Å². The van der Waals surface area contributed by atoms with Gasteiger partial charge in [-0.05, 0) is 30.0 Å². The second-order valence-corrected chi connectivity index (χ2v) is 6.65. The van der Waals surface area contributed by atoms with Gasteiger partial charge >= 0.3 is 0 Å². The Balaban J connectivity index is 1.51. The molecule has 2 nitrogen and oxygen atoms in total. The molecule has 0 radical (unpaired) electrons. The molecule has 0 saturated heterocycles. The zero-order chi connectivity index (χ0) is 16.8. The van der Waals surface area contributed by atoms with E-state index >= 15 is 0 Å². The van der Waals surface area contributed by atoms with Crippen molar-refractivity contribution in [1.29, 1.82) is 0 Å². The van der Waals surface area contributed by atoms with Crippen LogP contribution >= 0.6 is 11.3 Å². The number of carbonyl (C=O) groups is 1. The van der Waals surface area contributed by atoms with Crippen LogP contribution in [0.1, 0.15) is 23.4 Å². The van der Waals surface area contributed by atoms with Crippen LogP contribution in [0.4, 0.5) is 4.39 Å². The molecular formula is C20H18FNOS. The zero-order valence-electron chi connectivity index (χ0n) is 13.2. The van der Waals surface area contributed by atoms with Crippen molar-refractivity contribution >= 4 is 17.1 Å². The number of aryl methyl sites for hydroxylation is 1. The lowest BCUT2D eigenvalue weighted by Crippen LogP contribution is -2.02. The van der Waals surface area contributed by atoms with Crippen LogP contribution in [0, 0.1) is 5.82 Å². The van der Waals surface area contributed by atoms with E-state index in [1.54, 1.807) is 18.3 Å². The van der Waals surface area contributed by atoms with Crippen molar-refractivity contribution < 1.29 is 9.18 Å². The van der Waals surface area contributed by atoms with E-state index in [-0.39, 0.29) is 11.6 Å². The third-order valence-corrected chi connectivity index (χ3v) is 4.67. The van der Waals surface area contributed by atoms with E-state index in [1.165, 1.54) is 17.4 Å². The Bertz CT molecular complexity index is 797. The van der Waals surface area contributed by atoms with Crippen LogP contribution < -0.4 is 0 Å². The highest BCUT2D eigenvalue weighted by molar-refractivity contribution is 7.09. The quantitative estimate of drug-likeness (QED) is 0.600. The summed E-state index contributed by atoms with van der Waals surface area (Å²) in [5, 5.41) is 2.77. The number of thiazole rings is 1. The topological polar surface area (TPSA) is 30.0 Å². The first-order valence-electron chi connectivity index (χ1n) is 7.96. The number of Topliss-reactive ketones (excluding diaryl/α,β-unsaturated/α-hetero) is 1. The van der Waals surface area contributed by atoms with Gasteiger partial charge in [0.1, 0.15) is 11.6 Å². The van der Waals surface area contributed by atoms with Crippen molar-refractivity contribution in [2.45, 2.75) is 25.7 Å². The Hall–Kier alpha value is -2.33. The Labute approximate surface area is 145 Å². The SMILES string of the molecule is O=C(CCCc1ccc(-c2ccccc2F)cc1)Cc1nccs1. The van der Waals surface area contributed by atoms with E-state index in [0.29, 0.717) is 18.4 Å². The second kappa shape index (κ2) is 7.97. The van der Waals surface area contributed by atoms with Crippen LogP contribution in [0.5, 0.6) is 0 Å². The highest BCUT2D eigenvalue weighted by Crippen LogP contribution is 2.23. The average Bonchev–Trinajstić information content (AvgIpc) is 3.09. The van der Waals surface area contributed by atoms with Gasteiger partial charge in [0.15, 0.2) is 0 Å². The van der Waals surface area contributed by atoms with Crippen molar-refractivity contribution in [2.75, 3.05) is 0 Å². The standard InChI is InChI=1S/C20H18FNOS/c21-19-7-2-1-6-18(19)16-10-8-15(9-11-16)4-3-5-17(23)14-20-22-12-13-24-20/h1-2,6-13H,3-5,14H2. The van der Waals surface area contributed by atoms with Gasteiger partial charge < -0.3 is 0 Å². The summed E-state index contributed by atoms with van der Waals surface area (Å²) in [5.41, 5.74) is 2.65. The fourth-order valence-corrected chi connectivity index (χ4v) is 3.28. The first-order chi connectivity index (χ1) is 11.7. The van der Waals surface area contributed by atoms with Gasteiger partial charge in [0.2, 0.25) is 0 Å². The molecule has 3 aromatic rings. The van der Waals surface area contributed by atoms with E-state index in [0.717, 1.165) is 29.0 Å². The summed E-state index contributed by atoms with van der Waals surface area (Å²) in [6, 6.07) is 14.7. The van der Waals surface area contributed by atoms with Crippen molar-refractivity contribution in [3.63, 3.8) is 0 Å². The summed E-state index contributed by atoms with van der Waals surface area (Å²) in [6.07, 6.45) is 4.40. The van der Waals surface area contributed by atoms with Crippen molar-refractivity contribution in [3.05, 3.63) is 76.5 Å². The summed E-state index contributed by atoms with van der Waals surface area (Å²) in [4.78, 5) is 16.0. The van der Waals surface area contributed by atoms with Gasteiger partial charge in [0.25, 0.3) is 0 Å². The van der Waals surface area contributed by atoms with Crippen molar-refractivity contribution in [3.8, 4) is 11.1 Å². The fourth-order valence-electron chi connectivity index (χ4n) is 2.63. The number of aromatic nitrogens is 1. The lowest BCUT2D eigenvalue weighted by molar-refractivity contribution is -0.118. The molecule has 122 valence electrons. The maximum absolute atomic E-state index is 13.8. The normalized spacial score (nSPS) is 10.7. The number of rotatable bonds is 7. The molecule has 24 heavy (non-hydrogen) atoms. The number of ketones is 1. The van der Waals surface area contributed by atoms with Gasteiger partial charge in [-0.2, -0.15) is 0 Å². The van der Waals surface area contributed by atoms with E-state index in [9.17, 15) is 9.18 Å². The predicted octanol–water partition coefficient (Wildman–Crippen LogP) is 5.08. The molecule has 0 atom stereocenters. The molecule has 0 spiro atoms. The molecule has 0 N–H and O–H groups in total. The van der Waals surface area contributed by atoms with E-state index in [4.69, 9.17) is 0 Å². The predicted molar refractivity (Wildman–Crippen MR) is 95.6 cm³/mol. The molecule has 4 heteroatoms. The first kappa shape index (κ1) is 16.5. The summed E-state index contributed by atoms with van der Waals surface area (Å²) >= 11 is 1.52. The second-order valence-electron chi connectivity index (χ2n) is 5.67. The zero-order valence-corrected chi connectivity index (χ0v) is 14.1. The highest BCUT2D eigenvalue weighted by Gasteiger charge is 2.07. The molecule has 0 aliphatic rings. The number of nitrogens with zero attached hydrogens (tertiary/aromatic N) is 1. The summed E-state index contributed by atoms with van der Waals surface area (Å²) in [6.45, 7) is 0. The van der Waals surface area contributed by atoms with Crippen LogP contribution in [0.3, 0.4) is 0 Å². The van der Waals surface area contributed by atoms with Gasteiger partial charge in [0.05, 0.1) is 11.4 Å². The number of carbonyl (C=O) groups excluding carboxylic acids is 1. The van der Waals surface area contributed by atoms with E-state index in [2.05, 4.69) is 4.98 Å². The minimum absolute atomic E-state index is 0.210. The Morgan fingerprint density at radius 2 is 1.88 bits per heavy atom. The summed E-state index contributed by atoms with van der Waals surface area (Å²) in [5.74, 6) is 0.0194. The molecule has 0 aliphatic heterocycles. The lowest BCUT2D eigenvalue weighted by Gasteiger charge is -2.05. The van der Waals surface area contributed by atoms with Gasteiger partial charge in [-0.15, -0.1) is 11.3 Å². The molecule has 0 unspecified atom stereocenters.